The molecule has 2 rings (SSSR count). The summed E-state index contributed by atoms with van der Waals surface area (Å²) in [5, 5.41) is 12.9. The SMILES string of the molecule is COCCNCCNC(=O)c1cc(-c2ccc(Br)cc2)n[nH]1. The van der Waals surface area contributed by atoms with E-state index in [1.165, 1.54) is 0 Å². The lowest BCUT2D eigenvalue weighted by molar-refractivity contribution is 0.0948. The number of aromatic amines is 1. The van der Waals surface area contributed by atoms with Gasteiger partial charge in [0.25, 0.3) is 5.91 Å². The van der Waals surface area contributed by atoms with Crippen LogP contribution in [0.2, 0.25) is 0 Å². The van der Waals surface area contributed by atoms with Crippen LogP contribution in [-0.2, 0) is 4.74 Å². The normalized spacial score (nSPS) is 10.6. The van der Waals surface area contributed by atoms with Crippen molar-refractivity contribution < 1.29 is 9.53 Å². The van der Waals surface area contributed by atoms with Crippen LogP contribution in [0, 0.1) is 0 Å². The van der Waals surface area contributed by atoms with Gasteiger partial charge in [-0.25, -0.2) is 0 Å². The minimum Gasteiger partial charge on any atom is -0.383 e. The summed E-state index contributed by atoms with van der Waals surface area (Å²) in [5.74, 6) is -0.163. The number of amides is 1. The number of hydrogen-bond donors (Lipinski definition) is 3. The van der Waals surface area contributed by atoms with Gasteiger partial charge >= 0.3 is 0 Å². The van der Waals surface area contributed by atoms with Gasteiger partial charge in [0.15, 0.2) is 0 Å². The fraction of sp³-hybridized carbons (Fsp3) is 0.333. The number of halogens is 1. The maximum absolute atomic E-state index is 12.0. The van der Waals surface area contributed by atoms with Crippen molar-refractivity contribution in [1.82, 2.24) is 20.8 Å². The Balaban J connectivity index is 1.83. The number of nitrogens with zero attached hydrogens (tertiary/aromatic N) is 1. The van der Waals surface area contributed by atoms with E-state index in [-0.39, 0.29) is 5.91 Å². The van der Waals surface area contributed by atoms with E-state index in [1.54, 1.807) is 13.2 Å². The maximum atomic E-state index is 12.0. The minimum absolute atomic E-state index is 0.163. The number of H-pyrrole nitrogens is 1. The molecular weight excluding hydrogens is 348 g/mol. The van der Waals surface area contributed by atoms with Gasteiger partial charge in [0, 0.05) is 36.8 Å². The first-order valence-corrected chi connectivity index (χ1v) is 7.79. The molecule has 0 fully saturated rings. The van der Waals surface area contributed by atoms with Gasteiger partial charge in [0.2, 0.25) is 0 Å². The number of benzene rings is 1. The second-order valence-corrected chi connectivity index (χ2v) is 5.59. The molecule has 0 aliphatic carbocycles. The lowest BCUT2D eigenvalue weighted by Gasteiger charge is -2.05. The lowest BCUT2D eigenvalue weighted by Crippen LogP contribution is -2.33. The largest absolute Gasteiger partial charge is 0.383 e. The number of ether oxygens (including phenoxy) is 1. The van der Waals surface area contributed by atoms with Crippen LogP contribution in [0.1, 0.15) is 10.5 Å². The molecule has 0 bridgehead atoms. The number of carbonyl (C=O) groups is 1. The van der Waals surface area contributed by atoms with Crippen molar-refractivity contribution in [3.05, 3.63) is 40.5 Å². The van der Waals surface area contributed by atoms with Crippen molar-refractivity contribution in [2.75, 3.05) is 33.4 Å². The zero-order valence-electron chi connectivity index (χ0n) is 12.4. The van der Waals surface area contributed by atoms with E-state index in [9.17, 15) is 4.79 Å². The Hall–Kier alpha value is -1.70. The van der Waals surface area contributed by atoms with E-state index in [0.717, 1.165) is 22.3 Å². The van der Waals surface area contributed by atoms with E-state index >= 15 is 0 Å². The molecule has 1 aromatic heterocycles. The topological polar surface area (TPSA) is 79.0 Å². The van der Waals surface area contributed by atoms with Crippen LogP contribution in [0.4, 0.5) is 0 Å². The Kier molecular flexibility index (Phi) is 6.57. The Labute approximate surface area is 137 Å². The first-order chi connectivity index (χ1) is 10.7. The maximum Gasteiger partial charge on any atom is 0.269 e. The molecule has 0 saturated heterocycles. The Morgan fingerprint density at radius 1 is 1.27 bits per heavy atom. The third kappa shape index (κ3) is 4.94. The predicted octanol–water partition coefficient (Wildman–Crippen LogP) is 1.80. The van der Waals surface area contributed by atoms with E-state index in [2.05, 4.69) is 36.8 Å². The molecule has 0 radical (unpaired) electrons. The van der Waals surface area contributed by atoms with Gasteiger partial charge in [0.05, 0.1) is 12.3 Å². The highest BCUT2D eigenvalue weighted by Gasteiger charge is 2.10. The highest BCUT2D eigenvalue weighted by Crippen LogP contribution is 2.20. The third-order valence-electron chi connectivity index (χ3n) is 3.03. The molecule has 3 N–H and O–H groups in total. The molecule has 0 atom stereocenters. The molecule has 1 amide bonds. The summed E-state index contributed by atoms with van der Waals surface area (Å²) in [6.45, 7) is 2.67. The summed E-state index contributed by atoms with van der Waals surface area (Å²) < 4.78 is 5.93. The van der Waals surface area contributed by atoms with Crippen molar-refractivity contribution in [3.8, 4) is 11.3 Å². The molecule has 1 heterocycles. The number of hydrogen-bond acceptors (Lipinski definition) is 4. The fourth-order valence-electron chi connectivity index (χ4n) is 1.87. The van der Waals surface area contributed by atoms with Crippen LogP contribution in [0.25, 0.3) is 11.3 Å². The molecule has 7 heteroatoms. The van der Waals surface area contributed by atoms with Crippen molar-refractivity contribution in [2.24, 2.45) is 0 Å². The minimum atomic E-state index is -0.163. The van der Waals surface area contributed by atoms with Crippen molar-refractivity contribution in [1.29, 1.82) is 0 Å². The molecule has 0 aliphatic rings. The van der Waals surface area contributed by atoms with Crippen molar-refractivity contribution in [3.63, 3.8) is 0 Å². The second kappa shape index (κ2) is 8.67. The average molecular weight is 367 g/mol. The molecule has 118 valence electrons. The molecule has 0 spiro atoms. The first-order valence-electron chi connectivity index (χ1n) is 7.00. The molecule has 1 aromatic carbocycles. The van der Waals surface area contributed by atoms with Gasteiger partial charge < -0.3 is 15.4 Å². The van der Waals surface area contributed by atoms with Crippen molar-refractivity contribution in [2.45, 2.75) is 0 Å². The van der Waals surface area contributed by atoms with Crippen LogP contribution >= 0.6 is 15.9 Å². The zero-order chi connectivity index (χ0) is 15.8. The Morgan fingerprint density at radius 3 is 2.77 bits per heavy atom. The third-order valence-corrected chi connectivity index (χ3v) is 3.56. The average Bonchev–Trinajstić information content (AvgIpc) is 3.01. The molecule has 0 unspecified atom stereocenters. The van der Waals surface area contributed by atoms with Gasteiger partial charge in [-0.05, 0) is 18.2 Å². The number of rotatable bonds is 8. The van der Waals surface area contributed by atoms with E-state index < -0.39 is 0 Å². The molecular formula is C15H19BrN4O2. The summed E-state index contributed by atoms with van der Waals surface area (Å²) in [6, 6.07) is 9.52. The summed E-state index contributed by atoms with van der Waals surface area (Å²) in [4.78, 5) is 12.0. The smallest absolute Gasteiger partial charge is 0.269 e. The van der Waals surface area contributed by atoms with Gasteiger partial charge in [0.1, 0.15) is 5.69 Å². The van der Waals surface area contributed by atoms with E-state index in [0.29, 0.717) is 25.4 Å². The quantitative estimate of drug-likeness (QED) is 0.622. The number of nitrogens with one attached hydrogen (secondary N) is 3. The molecule has 2 aromatic rings. The molecule has 22 heavy (non-hydrogen) atoms. The lowest BCUT2D eigenvalue weighted by atomic mass is 10.1. The van der Waals surface area contributed by atoms with Crippen molar-refractivity contribution >= 4 is 21.8 Å². The zero-order valence-corrected chi connectivity index (χ0v) is 13.9. The van der Waals surface area contributed by atoms with Crippen LogP contribution < -0.4 is 10.6 Å². The van der Waals surface area contributed by atoms with Crippen LogP contribution in [0.3, 0.4) is 0 Å². The van der Waals surface area contributed by atoms with E-state index in [4.69, 9.17) is 4.74 Å². The van der Waals surface area contributed by atoms with Gasteiger partial charge in [-0.3, -0.25) is 9.89 Å². The summed E-state index contributed by atoms with van der Waals surface area (Å²) in [5.41, 5.74) is 2.16. The number of aromatic nitrogens is 2. The van der Waals surface area contributed by atoms with Crippen LogP contribution in [0.15, 0.2) is 34.8 Å². The second-order valence-electron chi connectivity index (χ2n) is 4.67. The summed E-state index contributed by atoms with van der Waals surface area (Å²) >= 11 is 3.39. The number of methoxy groups -OCH3 is 1. The monoisotopic (exact) mass is 366 g/mol. The molecule has 0 aliphatic heterocycles. The van der Waals surface area contributed by atoms with Gasteiger partial charge in [-0.15, -0.1) is 0 Å². The van der Waals surface area contributed by atoms with Gasteiger partial charge in [-0.1, -0.05) is 28.1 Å². The predicted molar refractivity (Wildman–Crippen MR) is 88.8 cm³/mol. The highest BCUT2D eigenvalue weighted by atomic mass is 79.9. The van der Waals surface area contributed by atoms with Crippen LogP contribution in [-0.4, -0.2) is 49.5 Å². The standard InChI is InChI=1S/C15H19BrN4O2/c1-22-9-8-17-6-7-18-15(21)14-10-13(19-20-14)11-2-4-12(16)5-3-11/h2-5,10,17H,6-9H2,1H3,(H,18,21)(H,19,20). The Morgan fingerprint density at radius 2 is 2.05 bits per heavy atom. The fourth-order valence-corrected chi connectivity index (χ4v) is 2.13. The highest BCUT2D eigenvalue weighted by molar-refractivity contribution is 9.10. The summed E-state index contributed by atoms with van der Waals surface area (Å²) in [6.07, 6.45) is 0. The molecule has 0 saturated carbocycles. The van der Waals surface area contributed by atoms with Crippen LogP contribution in [0.5, 0.6) is 0 Å². The van der Waals surface area contributed by atoms with Gasteiger partial charge in [-0.2, -0.15) is 5.10 Å². The molecule has 6 nitrogen and oxygen atoms in total. The van der Waals surface area contributed by atoms with E-state index in [1.807, 2.05) is 24.3 Å². The first kappa shape index (κ1) is 16.7. The summed E-state index contributed by atoms with van der Waals surface area (Å²) in [7, 11) is 1.66. The Bertz CT molecular complexity index is 598. The number of carbonyl (C=O) groups excluding carboxylic acids is 1.